The van der Waals surface area contributed by atoms with Gasteiger partial charge in [-0.1, -0.05) is 61.0 Å². The fourth-order valence-corrected chi connectivity index (χ4v) is 2.05. The fourth-order valence-electron chi connectivity index (χ4n) is 2.05. The molecular formula is C18H21NO. The van der Waals surface area contributed by atoms with Crippen LogP contribution in [0.25, 0.3) is 0 Å². The van der Waals surface area contributed by atoms with Gasteiger partial charge in [-0.15, -0.1) is 0 Å². The highest BCUT2D eigenvalue weighted by atomic mass is 16.1. The molecule has 0 aliphatic rings. The van der Waals surface area contributed by atoms with E-state index in [0.717, 1.165) is 18.5 Å². The maximum Gasteiger partial charge on any atom is 0.176 e. The van der Waals surface area contributed by atoms with Crippen LogP contribution in [0.3, 0.4) is 0 Å². The fraction of sp³-hybridized carbons (Fsp3) is 0.278. The third kappa shape index (κ3) is 4.04. The number of ketones is 1. The number of aryl methyl sites for hydroxylation is 2. The van der Waals surface area contributed by atoms with Crippen molar-refractivity contribution in [3.8, 4) is 0 Å². The van der Waals surface area contributed by atoms with Gasteiger partial charge in [-0.25, -0.2) is 0 Å². The highest BCUT2D eigenvalue weighted by Gasteiger charge is 2.04. The number of hydrogen-bond donors (Lipinski definition) is 1. The molecule has 2 heteroatoms. The van der Waals surface area contributed by atoms with Crippen molar-refractivity contribution in [2.45, 2.75) is 26.8 Å². The molecule has 0 fully saturated rings. The predicted molar refractivity (Wildman–Crippen MR) is 83.0 cm³/mol. The number of nitrogens with one attached hydrogen (secondary N) is 1. The maximum atomic E-state index is 12.0. The van der Waals surface area contributed by atoms with Crippen LogP contribution in [0.5, 0.6) is 0 Å². The van der Waals surface area contributed by atoms with E-state index < -0.39 is 0 Å². The Balaban J connectivity index is 1.83. The van der Waals surface area contributed by atoms with Gasteiger partial charge in [0.1, 0.15) is 0 Å². The van der Waals surface area contributed by atoms with Gasteiger partial charge in [0, 0.05) is 12.1 Å². The summed E-state index contributed by atoms with van der Waals surface area (Å²) in [5.41, 5.74) is 4.48. The van der Waals surface area contributed by atoms with Gasteiger partial charge in [0.05, 0.1) is 6.54 Å². The molecule has 0 atom stereocenters. The van der Waals surface area contributed by atoms with Gasteiger partial charge in [-0.2, -0.15) is 0 Å². The normalized spacial score (nSPS) is 10.5. The van der Waals surface area contributed by atoms with Crippen molar-refractivity contribution in [1.29, 1.82) is 0 Å². The first kappa shape index (κ1) is 14.5. The molecule has 0 saturated heterocycles. The molecule has 2 rings (SSSR count). The zero-order chi connectivity index (χ0) is 14.4. The second kappa shape index (κ2) is 7.01. The van der Waals surface area contributed by atoms with Gasteiger partial charge in [0.2, 0.25) is 0 Å². The number of carbonyl (C=O) groups excluding carboxylic acids is 1. The molecule has 2 aromatic rings. The van der Waals surface area contributed by atoms with E-state index in [-0.39, 0.29) is 5.78 Å². The third-order valence-electron chi connectivity index (χ3n) is 3.42. The number of hydrogen-bond acceptors (Lipinski definition) is 2. The number of carbonyl (C=O) groups is 1. The smallest absolute Gasteiger partial charge is 0.176 e. The molecule has 0 aliphatic carbocycles. The Labute approximate surface area is 120 Å². The summed E-state index contributed by atoms with van der Waals surface area (Å²) in [7, 11) is 0. The van der Waals surface area contributed by atoms with Crippen LogP contribution in [0.1, 0.15) is 34.0 Å². The largest absolute Gasteiger partial charge is 0.306 e. The lowest BCUT2D eigenvalue weighted by molar-refractivity contribution is 0.0991. The second-order valence-corrected chi connectivity index (χ2v) is 5.06. The SMILES string of the molecule is CCc1ccc(C(=O)CNCc2ccc(C)cc2)cc1. The summed E-state index contributed by atoms with van der Waals surface area (Å²) in [4.78, 5) is 12.0. The van der Waals surface area contributed by atoms with E-state index in [1.807, 2.05) is 24.3 Å². The first-order chi connectivity index (χ1) is 9.69. The minimum absolute atomic E-state index is 0.139. The van der Waals surface area contributed by atoms with E-state index in [9.17, 15) is 4.79 Å². The number of Topliss-reactive ketones (excluding diaryl/α,β-unsaturated/α-hetero) is 1. The quantitative estimate of drug-likeness (QED) is 0.811. The van der Waals surface area contributed by atoms with Gasteiger partial charge >= 0.3 is 0 Å². The molecule has 2 aromatic carbocycles. The minimum Gasteiger partial charge on any atom is -0.306 e. The maximum absolute atomic E-state index is 12.0. The molecule has 0 bridgehead atoms. The lowest BCUT2D eigenvalue weighted by Gasteiger charge is -2.06. The van der Waals surface area contributed by atoms with Gasteiger partial charge in [0.25, 0.3) is 0 Å². The Morgan fingerprint density at radius 1 is 0.950 bits per heavy atom. The summed E-state index contributed by atoms with van der Waals surface area (Å²) in [6, 6.07) is 16.2. The second-order valence-electron chi connectivity index (χ2n) is 5.06. The molecular weight excluding hydrogens is 246 g/mol. The molecule has 0 saturated carbocycles. The highest BCUT2D eigenvalue weighted by Crippen LogP contribution is 2.06. The van der Waals surface area contributed by atoms with Crippen molar-refractivity contribution in [3.63, 3.8) is 0 Å². The van der Waals surface area contributed by atoms with Crippen LogP contribution in [-0.2, 0) is 13.0 Å². The Morgan fingerprint density at radius 3 is 2.15 bits per heavy atom. The molecule has 0 amide bonds. The van der Waals surface area contributed by atoms with Gasteiger partial charge in [-0.3, -0.25) is 4.79 Å². The van der Waals surface area contributed by atoms with Crippen LogP contribution in [0, 0.1) is 6.92 Å². The molecule has 0 aliphatic heterocycles. The van der Waals surface area contributed by atoms with Crippen LogP contribution in [-0.4, -0.2) is 12.3 Å². The molecule has 0 aromatic heterocycles. The Hall–Kier alpha value is -1.93. The number of rotatable bonds is 6. The summed E-state index contributed by atoms with van der Waals surface area (Å²) >= 11 is 0. The predicted octanol–water partition coefficient (Wildman–Crippen LogP) is 3.53. The molecule has 104 valence electrons. The van der Waals surface area contributed by atoms with E-state index >= 15 is 0 Å². The minimum atomic E-state index is 0.139. The van der Waals surface area contributed by atoms with Crippen molar-refractivity contribution in [2.75, 3.05) is 6.54 Å². The van der Waals surface area contributed by atoms with Crippen LogP contribution in [0.2, 0.25) is 0 Å². The van der Waals surface area contributed by atoms with Crippen molar-refractivity contribution >= 4 is 5.78 Å². The van der Waals surface area contributed by atoms with E-state index in [1.165, 1.54) is 16.7 Å². The zero-order valence-corrected chi connectivity index (χ0v) is 12.1. The summed E-state index contributed by atoms with van der Waals surface area (Å²) in [5, 5.41) is 3.20. The molecule has 0 radical (unpaired) electrons. The molecule has 0 spiro atoms. The van der Waals surface area contributed by atoms with E-state index in [2.05, 4.69) is 43.4 Å². The average Bonchev–Trinajstić information content (AvgIpc) is 2.49. The lowest BCUT2D eigenvalue weighted by atomic mass is 10.1. The van der Waals surface area contributed by atoms with Crippen LogP contribution >= 0.6 is 0 Å². The van der Waals surface area contributed by atoms with Crippen molar-refractivity contribution in [1.82, 2.24) is 5.32 Å². The molecule has 0 unspecified atom stereocenters. The Morgan fingerprint density at radius 2 is 1.55 bits per heavy atom. The summed E-state index contributed by atoms with van der Waals surface area (Å²) in [5.74, 6) is 0.139. The van der Waals surface area contributed by atoms with Gasteiger partial charge < -0.3 is 5.32 Å². The molecule has 1 N–H and O–H groups in total. The Kier molecular flexibility index (Phi) is 5.08. The van der Waals surface area contributed by atoms with Crippen molar-refractivity contribution in [3.05, 3.63) is 70.8 Å². The van der Waals surface area contributed by atoms with Crippen LogP contribution < -0.4 is 5.32 Å². The summed E-state index contributed by atoms with van der Waals surface area (Å²) in [6.07, 6.45) is 1.00. The van der Waals surface area contributed by atoms with Gasteiger partial charge in [0.15, 0.2) is 5.78 Å². The van der Waals surface area contributed by atoms with E-state index in [0.29, 0.717) is 6.54 Å². The first-order valence-electron chi connectivity index (χ1n) is 7.07. The van der Waals surface area contributed by atoms with E-state index in [4.69, 9.17) is 0 Å². The average molecular weight is 267 g/mol. The zero-order valence-electron chi connectivity index (χ0n) is 12.1. The van der Waals surface area contributed by atoms with Crippen LogP contribution in [0.4, 0.5) is 0 Å². The molecule has 0 heterocycles. The third-order valence-corrected chi connectivity index (χ3v) is 3.42. The van der Waals surface area contributed by atoms with Gasteiger partial charge in [-0.05, 0) is 24.5 Å². The summed E-state index contributed by atoms with van der Waals surface area (Å²) in [6.45, 7) is 5.28. The molecule has 20 heavy (non-hydrogen) atoms. The van der Waals surface area contributed by atoms with Crippen molar-refractivity contribution in [2.24, 2.45) is 0 Å². The summed E-state index contributed by atoms with van der Waals surface area (Å²) < 4.78 is 0. The number of benzene rings is 2. The Bertz CT molecular complexity index is 555. The monoisotopic (exact) mass is 267 g/mol. The lowest BCUT2D eigenvalue weighted by Crippen LogP contribution is -2.22. The highest BCUT2D eigenvalue weighted by molar-refractivity contribution is 5.97. The van der Waals surface area contributed by atoms with E-state index in [1.54, 1.807) is 0 Å². The standard InChI is InChI=1S/C18H21NO/c1-3-15-8-10-17(11-9-15)18(20)13-19-12-16-6-4-14(2)5-7-16/h4-11,19H,3,12-13H2,1-2H3. The topological polar surface area (TPSA) is 29.1 Å². The van der Waals surface area contributed by atoms with Crippen molar-refractivity contribution < 1.29 is 4.79 Å². The van der Waals surface area contributed by atoms with Crippen LogP contribution in [0.15, 0.2) is 48.5 Å². The molecule has 2 nitrogen and oxygen atoms in total. The first-order valence-corrected chi connectivity index (χ1v) is 7.07.